The van der Waals surface area contributed by atoms with Gasteiger partial charge in [-0.3, -0.25) is 4.79 Å². The van der Waals surface area contributed by atoms with E-state index in [1.165, 1.54) is 238 Å². The van der Waals surface area contributed by atoms with Gasteiger partial charge in [-0.1, -0.05) is 283 Å². The van der Waals surface area contributed by atoms with Gasteiger partial charge in [-0.2, -0.15) is 0 Å². The third-order valence-electron chi connectivity index (χ3n) is 14.4. The van der Waals surface area contributed by atoms with E-state index in [1.54, 1.807) is 6.08 Å². The molecule has 1 aliphatic rings. The van der Waals surface area contributed by atoms with Gasteiger partial charge in [0, 0.05) is 6.42 Å². The molecule has 0 bridgehead atoms. The van der Waals surface area contributed by atoms with Crippen LogP contribution in [0.1, 0.15) is 296 Å². The molecule has 0 spiro atoms. The number of nitrogens with one attached hydrogen (secondary N) is 1. The van der Waals surface area contributed by atoms with Gasteiger partial charge in [-0.15, -0.1) is 0 Å². The quantitative estimate of drug-likeness (QED) is 0.0261. The molecule has 0 aliphatic carbocycles. The summed E-state index contributed by atoms with van der Waals surface area (Å²) in [5.41, 5.74) is 0. The summed E-state index contributed by atoms with van der Waals surface area (Å²) in [7, 11) is 0. The number of rotatable bonds is 51. The van der Waals surface area contributed by atoms with E-state index in [0.29, 0.717) is 6.42 Å². The Hall–Kier alpha value is -1.07. The van der Waals surface area contributed by atoms with Gasteiger partial charge in [-0.25, -0.2) is 0 Å². The highest BCUT2D eigenvalue weighted by Gasteiger charge is 2.44. The molecule has 0 aromatic heterocycles. The largest absolute Gasteiger partial charge is 0.394 e. The lowest BCUT2D eigenvalue weighted by Gasteiger charge is -2.40. The van der Waals surface area contributed by atoms with Gasteiger partial charge in [0.25, 0.3) is 0 Å². The summed E-state index contributed by atoms with van der Waals surface area (Å²) in [6, 6.07) is -0.800. The summed E-state index contributed by atoms with van der Waals surface area (Å²) in [6.07, 6.45) is 52.8. The van der Waals surface area contributed by atoms with Crippen molar-refractivity contribution in [1.82, 2.24) is 5.32 Å². The predicted octanol–water partition coefficient (Wildman–Crippen LogP) is 14.4. The van der Waals surface area contributed by atoms with Crippen LogP contribution in [0, 0.1) is 0 Å². The molecule has 0 aromatic carbocycles. The minimum absolute atomic E-state index is 0.170. The molecule has 67 heavy (non-hydrogen) atoms. The third-order valence-corrected chi connectivity index (χ3v) is 14.4. The van der Waals surface area contributed by atoms with Crippen LogP contribution in [0.25, 0.3) is 0 Å². The molecule has 1 heterocycles. The average Bonchev–Trinajstić information content (AvgIpc) is 3.33. The standard InChI is InChI=1S/C58H113NO8/c1-3-5-7-9-11-13-15-17-19-21-23-24-25-26-27-28-29-30-31-33-35-37-39-41-43-45-47-52(61)51(50-66-58-57(65)56(64)55(63)53(49-60)67-58)59-54(62)48-46-44-42-40-38-36-34-32-22-20-18-16-14-12-10-8-6-4-2/h45,47,51-53,55-58,60-61,63-65H,3-44,46,48-50H2,1-2H3,(H,59,62)/b47-45+. The van der Waals surface area contributed by atoms with Gasteiger partial charge in [0.15, 0.2) is 6.29 Å². The van der Waals surface area contributed by atoms with Crippen LogP contribution in [-0.4, -0.2) is 87.5 Å². The van der Waals surface area contributed by atoms with E-state index >= 15 is 0 Å². The summed E-state index contributed by atoms with van der Waals surface area (Å²) in [6.45, 7) is 3.82. The maximum absolute atomic E-state index is 13.0. The smallest absolute Gasteiger partial charge is 0.220 e. The number of amides is 1. The highest BCUT2D eigenvalue weighted by molar-refractivity contribution is 5.76. The molecule has 398 valence electrons. The van der Waals surface area contributed by atoms with Crippen molar-refractivity contribution in [1.29, 1.82) is 0 Å². The van der Waals surface area contributed by atoms with E-state index in [2.05, 4.69) is 19.2 Å². The minimum atomic E-state index is -1.56. The molecule has 9 heteroatoms. The van der Waals surface area contributed by atoms with Crippen LogP contribution in [0.3, 0.4) is 0 Å². The van der Waals surface area contributed by atoms with Gasteiger partial charge in [-0.05, 0) is 19.3 Å². The number of unbranched alkanes of at least 4 members (excludes halogenated alkanes) is 41. The number of ether oxygens (including phenoxy) is 2. The lowest BCUT2D eigenvalue weighted by atomic mass is 9.99. The Morgan fingerprint density at radius 1 is 0.493 bits per heavy atom. The Balaban J connectivity index is 2.20. The molecule has 0 radical (unpaired) electrons. The monoisotopic (exact) mass is 952 g/mol. The Labute approximate surface area is 414 Å². The van der Waals surface area contributed by atoms with Crippen LogP contribution in [0.2, 0.25) is 0 Å². The maximum Gasteiger partial charge on any atom is 0.220 e. The third kappa shape index (κ3) is 38.3. The molecule has 1 fully saturated rings. The van der Waals surface area contributed by atoms with Gasteiger partial charge in [0.1, 0.15) is 24.4 Å². The van der Waals surface area contributed by atoms with Crippen molar-refractivity contribution in [2.75, 3.05) is 13.2 Å². The Bertz CT molecular complexity index is 1060. The number of hydrogen-bond donors (Lipinski definition) is 6. The normalized spacial score (nSPS) is 19.7. The molecule has 1 aliphatic heterocycles. The maximum atomic E-state index is 13.0. The second-order valence-corrected chi connectivity index (χ2v) is 20.8. The molecular weight excluding hydrogens is 839 g/mol. The van der Waals surface area contributed by atoms with E-state index in [4.69, 9.17) is 9.47 Å². The number of hydrogen-bond acceptors (Lipinski definition) is 8. The summed E-state index contributed by atoms with van der Waals surface area (Å²) in [5.74, 6) is -0.170. The Morgan fingerprint density at radius 2 is 0.821 bits per heavy atom. The predicted molar refractivity (Wildman–Crippen MR) is 281 cm³/mol. The van der Waals surface area contributed by atoms with E-state index in [-0.39, 0.29) is 12.5 Å². The first kappa shape index (κ1) is 63.9. The van der Waals surface area contributed by atoms with E-state index in [1.807, 2.05) is 6.08 Å². The number of allylic oxidation sites excluding steroid dienone is 1. The molecule has 6 N–H and O–H groups in total. The molecule has 1 rings (SSSR count). The molecular formula is C58H113NO8. The highest BCUT2D eigenvalue weighted by Crippen LogP contribution is 2.23. The second-order valence-electron chi connectivity index (χ2n) is 20.8. The minimum Gasteiger partial charge on any atom is -0.394 e. The SMILES string of the molecule is CCCCCCCCCCCCCCCCCCCCCCCCCC/C=C/C(O)C(COC1OC(CO)C(O)C(O)C1O)NC(=O)CCCCCCCCCCCCCCCCCCCC. The van der Waals surface area contributed by atoms with Gasteiger partial charge < -0.3 is 40.3 Å². The van der Waals surface area contributed by atoms with Crippen molar-refractivity contribution in [3.63, 3.8) is 0 Å². The topological polar surface area (TPSA) is 149 Å². The first-order chi connectivity index (χ1) is 32.8. The fourth-order valence-electron chi connectivity index (χ4n) is 9.69. The first-order valence-electron chi connectivity index (χ1n) is 29.4. The molecule has 7 unspecified atom stereocenters. The van der Waals surface area contributed by atoms with Crippen LogP contribution >= 0.6 is 0 Å². The summed E-state index contributed by atoms with van der Waals surface area (Å²) >= 11 is 0. The molecule has 0 aromatic rings. The first-order valence-corrected chi connectivity index (χ1v) is 29.4. The van der Waals surface area contributed by atoms with E-state index < -0.39 is 49.5 Å². The summed E-state index contributed by atoms with van der Waals surface area (Å²) in [4.78, 5) is 13.0. The zero-order valence-electron chi connectivity index (χ0n) is 44.2. The van der Waals surface area contributed by atoms with Crippen molar-refractivity contribution in [3.05, 3.63) is 12.2 Å². The molecule has 0 saturated carbocycles. The number of aliphatic hydroxyl groups excluding tert-OH is 5. The van der Waals surface area contributed by atoms with E-state index in [9.17, 15) is 30.3 Å². The van der Waals surface area contributed by atoms with Crippen molar-refractivity contribution in [2.24, 2.45) is 0 Å². The van der Waals surface area contributed by atoms with Gasteiger partial charge in [0.2, 0.25) is 5.91 Å². The summed E-state index contributed by atoms with van der Waals surface area (Å²) < 4.78 is 11.3. The number of carbonyl (C=O) groups excluding carboxylic acids is 1. The number of aliphatic hydroxyl groups is 5. The van der Waals surface area contributed by atoms with Crippen LogP contribution in [0.5, 0.6) is 0 Å². The van der Waals surface area contributed by atoms with Crippen molar-refractivity contribution in [3.8, 4) is 0 Å². The van der Waals surface area contributed by atoms with Crippen molar-refractivity contribution >= 4 is 5.91 Å². The second kappa shape index (κ2) is 48.6. The highest BCUT2D eigenvalue weighted by atomic mass is 16.7. The number of carbonyl (C=O) groups is 1. The zero-order valence-corrected chi connectivity index (χ0v) is 44.2. The van der Waals surface area contributed by atoms with Crippen LogP contribution in [-0.2, 0) is 14.3 Å². The Kier molecular flexibility index (Phi) is 46.3. The zero-order chi connectivity index (χ0) is 48.7. The fourth-order valence-corrected chi connectivity index (χ4v) is 9.69. The Morgan fingerprint density at radius 3 is 1.16 bits per heavy atom. The van der Waals surface area contributed by atoms with Crippen LogP contribution in [0.4, 0.5) is 0 Å². The lowest BCUT2D eigenvalue weighted by Crippen LogP contribution is -2.60. The fraction of sp³-hybridized carbons (Fsp3) is 0.948. The molecule has 1 saturated heterocycles. The van der Waals surface area contributed by atoms with Crippen LogP contribution < -0.4 is 5.32 Å². The van der Waals surface area contributed by atoms with Crippen molar-refractivity contribution in [2.45, 2.75) is 339 Å². The molecule has 7 atom stereocenters. The van der Waals surface area contributed by atoms with Crippen molar-refractivity contribution < 1.29 is 39.8 Å². The van der Waals surface area contributed by atoms with Gasteiger partial charge in [0.05, 0.1) is 25.4 Å². The molecule has 9 nitrogen and oxygen atoms in total. The van der Waals surface area contributed by atoms with Crippen LogP contribution in [0.15, 0.2) is 12.2 Å². The molecule has 1 amide bonds. The van der Waals surface area contributed by atoms with Gasteiger partial charge >= 0.3 is 0 Å². The average molecular weight is 953 g/mol. The summed E-state index contributed by atoms with van der Waals surface area (Å²) in [5, 5.41) is 54.5. The van der Waals surface area contributed by atoms with E-state index in [0.717, 1.165) is 38.5 Å². The lowest BCUT2D eigenvalue weighted by molar-refractivity contribution is -0.302.